The monoisotopic (exact) mass is 290 g/mol. The lowest BCUT2D eigenvalue weighted by molar-refractivity contribution is -0.121. The largest absolute Gasteiger partial charge is 0.495 e. The third-order valence-electron chi connectivity index (χ3n) is 4.16. The van der Waals surface area contributed by atoms with Gasteiger partial charge in [-0.15, -0.1) is 0 Å². The first kappa shape index (κ1) is 15.7. The van der Waals surface area contributed by atoms with E-state index < -0.39 is 0 Å². The number of anilines is 1. The van der Waals surface area contributed by atoms with E-state index in [-0.39, 0.29) is 5.91 Å². The van der Waals surface area contributed by atoms with Crippen LogP contribution >= 0.6 is 0 Å². The van der Waals surface area contributed by atoms with E-state index in [1.54, 1.807) is 7.11 Å². The molecule has 0 aromatic heterocycles. The summed E-state index contributed by atoms with van der Waals surface area (Å²) < 4.78 is 5.13. The fraction of sp³-hybridized carbons (Fsp3) is 0.588. The Morgan fingerprint density at radius 3 is 2.62 bits per heavy atom. The van der Waals surface area contributed by atoms with Crippen LogP contribution in [0.5, 0.6) is 5.75 Å². The number of nitrogens with one attached hydrogen (secondary N) is 1. The zero-order chi connectivity index (χ0) is 15.1. The van der Waals surface area contributed by atoms with Crippen LogP contribution in [-0.4, -0.2) is 19.1 Å². The van der Waals surface area contributed by atoms with Gasteiger partial charge in [0, 0.05) is 12.5 Å². The molecule has 1 fully saturated rings. The number of methoxy groups -OCH3 is 1. The minimum atomic E-state index is 0.149. The summed E-state index contributed by atoms with van der Waals surface area (Å²) in [6.45, 7) is 0. The molecule has 1 aliphatic rings. The molecule has 0 saturated heterocycles. The second kappa shape index (κ2) is 7.91. The van der Waals surface area contributed by atoms with Crippen molar-refractivity contribution in [3.63, 3.8) is 0 Å². The highest BCUT2D eigenvalue weighted by Gasteiger charge is 2.14. The zero-order valence-electron chi connectivity index (χ0n) is 12.9. The van der Waals surface area contributed by atoms with Crippen molar-refractivity contribution >= 4 is 11.6 Å². The van der Waals surface area contributed by atoms with E-state index in [9.17, 15) is 4.79 Å². The number of aryl methyl sites for hydroxylation is 1. The van der Waals surface area contributed by atoms with Crippen molar-refractivity contribution < 1.29 is 9.53 Å². The van der Waals surface area contributed by atoms with Gasteiger partial charge < -0.3 is 15.8 Å². The highest BCUT2D eigenvalue weighted by molar-refractivity contribution is 5.76. The number of amides is 1. The van der Waals surface area contributed by atoms with Crippen LogP contribution in [-0.2, 0) is 11.2 Å². The molecule has 21 heavy (non-hydrogen) atoms. The number of benzene rings is 1. The van der Waals surface area contributed by atoms with Gasteiger partial charge in [-0.3, -0.25) is 4.79 Å². The summed E-state index contributed by atoms with van der Waals surface area (Å²) in [5, 5.41) is 3.17. The number of hydrogen-bond donors (Lipinski definition) is 2. The van der Waals surface area contributed by atoms with Crippen LogP contribution in [0.1, 0.15) is 50.5 Å². The maximum absolute atomic E-state index is 12.0. The minimum Gasteiger partial charge on any atom is -0.495 e. The van der Waals surface area contributed by atoms with Crippen LogP contribution in [0, 0.1) is 0 Å². The predicted molar refractivity (Wildman–Crippen MR) is 85.4 cm³/mol. The Kier molecular flexibility index (Phi) is 5.90. The standard InChI is InChI=1S/C17H26N2O2/c1-21-16-10-8-13(12-15(16)18)9-11-17(20)19-14-6-4-2-3-5-7-14/h8,10,12,14H,2-7,9,11,18H2,1H3,(H,19,20). The lowest BCUT2D eigenvalue weighted by atomic mass is 10.1. The van der Waals surface area contributed by atoms with Crippen molar-refractivity contribution in [2.45, 2.75) is 57.4 Å². The van der Waals surface area contributed by atoms with E-state index in [0.717, 1.165) is 18.4 Å². The maximum atomic E-state index is 12.0. The quantitative estimate of drug-likeness (QED) is 0.647. The molecule has 4 nitrogen and oxygen atoms in total. The molecule has 1 aromatic carbocycles. The van der Waals surface area contributed by atoms with Gasteiger partial charge in [0.05, 0.1) is 12.8 Å². The van der Waals surface area contributed by atoms with E-state index in [1.807, 2.05) is 18.2 Å². The summed E-state index contributed by atoms with van der Waals surface area (Å²) in [7, 11) is 1.60. The SMILES string of the molecule is COc1ccc(CCC(=O)NC2CCCCCC2)cc1N. The second-order valence-corrected chi connectivity index (χ2v) is 5.83. The molecule has 0 atom stereocenters. The summed E-state index contributed by atoms with van der Waals surface area (Å²) in [4.78, 5) is 12.0. The van der Waals surface area contributed by atoms with Crippen LogP contribution in [0.4, 0.5) is 5.69 Å². The molecule has 1 amide bonds. The number of carbonyl (C=O) groups is 1. The van der Waals surface area contributed by atoms with Crippen LogP contribution < -0.4 is 15.8 Å². The van der Waals surface area contributed by atoms with Crippen molar-refractivity contribution in [3.8, 4) is 5.75 Å². The van der Waals surface area contributed by atoms with Crippen molar-refractivity contribution in [2.24, 2.45) is 0 Å². The molecule has 1 saturated carbocycles. The van der Waals surface area contributed by atoms with E-state index in [2.05, 4.69) is 5.32 Å². The Morgan fingerprint density at radius 1 is 1.29 bits per heavy atom. The number of hydrogen-bond acceptors (Lipinski definition) is 3. The van der Waals surface area contributed by atoms with E-state index in [4.69, 9.17) is 10.5 Å². The first-order valence-electron chi connectivity index (χ1n) is 7.91. The third-order valence-corrected chi connectivity index (χ3v) is 4.16. The summed E-state index contributed by atoms with van der Waals surface area (Å²) in [5.41, 5.74) is 7.58. The third kappa shape index (κ3) is 4.96. The molecular weight excluding hydrogens is 264 g/mol. The Hall–Kier alpha value is -1.71. The highest BCUT2D eigenvalue weighted by Crippen LogP contribution is 2.22. The van der Waals surface area contributed by atoms with Gasteiger partial charge in [0.15, 0.2) is 0 Å². The number of rotatable bonds is 5. The molecule has 0 heterocycles. The summed E-state index contributed by atoms with van der Waals surface area (Å²) >= 11 is 0. The first-order chi connectivity index (χ1) is 10.2. The Bertz CT molecular complexity index is 466. The molecule has 116 valence electrons. The van der Waals surface area contributed by atoms with Crippen molar-refractivity contribution in [2.75, 3.05) is 12.8 Å². The Balaban J connectivity index is 1.79. The number of ether oxygens (including phenoxy) is 1. The van der Waals surface area contributed by atoms with Gasteiger partial charge in [-0.1, -0.05) is 31.7 Å². The Morgan fingerprint density at radius 2 is 2.00 bits per heavy atom. The van der Waals surface area contributed by atoms with Crippen molar-refractivity contribution in [1.82, 2.24) is 5.32 Å². The minimum absolute atomic E-state index is 0.149. The van der Waals surface area contributed by atoms with Gasteiger partial charge in [-0.25, -0.2) is 0 Å². The fourth-order valence-corrected chi connectivity index (χ4v) is 2.92. The summed E-state index contributed by atoms with van der Waals surface area (Å²) in [6, 6.07) is 6.08. The molecule has 2 rings (SSSR count). The molecule has 1 aliphatic carbocycles. The molecule has 4 heteroatoms. The number of carbonyl (C=O) groups excluding carboxylic acids is 1. The zero-order valence-corrected chi connectivity index (χ0v) is 12.9. The summed E-state index contributed by atoms with van der Waals surface area (Å²) in [5.74, 6) is 0.831. The average Bonchev–Trinajstić information content (AvgIpc) is 2.74. The first-order valence-corrected chi connectivity index (χ1v) is 7.91. The van der Waals surface area contributed by atoms with Crippen LogP contribution in [0.2, 0.25) is 0 Å². The van der Waals surface area contributed by atoms with Crippen molar-refractivity contribution in [3.05, 3.63) is 23.8 Å². The summed E-state index contributed by atoms with van der Waals surface area (Å²) in [6.07, 6.45) is 8.56. The number of nitrogen functional groups attached to an aromatic ring is 1. The molecule has 1 aromatic rings. The van der Waals surface area contributed by atoms with Gasteiger partial charge in [0.2, 0.25) is 5.91 Å². The van der Waals surface area contributed by atoms with Crippen LogP contribution in [0.15, 0.2) is 18.2 Å². The van der Waals surface area contributed by atoms with Gasteiger partial charge in [0.1, 0.15) is 5.75 Å². The molecule has 0 unspecified atom stereocenters. The second-order valence-electron chi connectivity index (χ2n) is 5.83. The smallest absolute Gasteiger partial charge is 0.220 e. The Labute approximate surface area is 127 Å². The lowest BCUT2D eigenvalue weighted by Gasteiger charge is -2.16. The van der Waals surface area contributed by atoms with Crippen molar-refractivity contribution in [1.29, 1.82) is 0 Å². The lowest BCUT2D eigenvalue weighted by Crippen LogP contribution is -2.34. The van der Waals surface area contributed by atoms with E-state index in [0.29, 0.717) is 30.3 Å². The molecule has 3 N–H and O–H groups in total. The number of nitrogens with two attached hydrogens (primary N) is 1. The van der Waals surface area contributed by atoms with E-state index >= 15 is 0 Å². The van der Waals surface area contributed by atoms with E-state index in [1.165, 1.54) is 25.7 Å². The maximum Gasteiger partial charge on any atom is 0.220 e. The highest BCUT2D eigenvalue weighted by atomic mass is 16.5. The molecular formula is C17H26N2O2. The normalized spacial score (nSPS) is 16.2. The van der Waals surface area contributed by atoms with Gasteiger partial charge >= 0.3 is 0 Å². The van der Waals surface area contributed by atoms with Crippen LogP contribution in [0.25, 0.3) is 0 Å². The molecule has 0 radical (unpaired) electrons. The van der Waals surface area contributed by atoms with Gasteiger partial charge in [0.25, 0.3) is 0 Å². The van der Waals surface area contributed by atoms with Gasteiger partial charge in [-0.2, -0.15) is 0 Å². The van der Waals surface area contributed by atoms with Gasteiger partial charge in [-0.05, 0) is 37.0 Å². The van der Waals surface area contributed by atoms with Crippen LogP contribution in [0.3, 0.4) is 0 Å². The molecule has 0 aliphatic heterocycles. The predicted octanol–water partition coefficient (Wildman–Crippen LogP) is 3.05. The topological polar surface area (TPSA) is 64.3 Å². The molecule has 0 bridgehead atoms. The average molecular weight is 290 g/mol. The molecule has 0 spiro atoms. The fourth-order valence-electron chi connectivity index (χ4n) is 2.92.